The van der Waals surface area contributed by atoms with Crippen LogP contribution in [0.4, 0.5) is 5.82 Å². The van der Waals surface area contributed by atoms with Gasteiger partial charge in [-0.05, 0) is 44.4 Å². The second kappa shape index (κ2) is 5.96. The molecule has 1 fully saturated rings. The van der Waals surface area contributed by atoms with Crippen molar-refractivity contribution in [3.05, 3.63) is 17.8 Å². The average molecular weight is 234 g/mol. The molecule has 0 bridgehead atoms. The van der Waals surface area contributed by atoms with E-state index >= 15 is 0 Å². The van der Waals surface area contributed by atoms with Gasteiger partial charge in [0.2, 0.25) is 0 Å². The molecule has 4 heteroatoms. The molecule has 2 heterocycles. The highest BCUT2D eigenvalue weighted by Gasteiger charge is 2.19. The summed E-state index contributed by atoms with van der Waals surface area (Å²) in [6.45, 7) is 7.58. The molecule has 0 unspecified atom stereocenters. The van der Waals surface area contributed by atoms with Crippen molar-refractivity contribution in [2.75, 3.05) is 24.5 Å². The fraction of sp³-hybridized carbons (Fsp3) is 0.692. The smallest absolute Gasteiger partial charge is 0.151 e. The van der Waals surface area contributed by atoms with Gasteiger partial charge in [0, 0.05) is 19.1 Å². The molecule has 17 heavy (non-hydrogen) atoms. The van der Waals surface area contributed by atoms with E-state index in [1.807, 2.05) is 0 Å². The molecular weight excluding hydrogens is 212 g/mol. The van der Waals surface area contributed by atoms with Crippen LogP contribution in [-0.4, -0.2) is 35.9 Å². The average Bonchev–Trinajstić information content (AvgIpc) is 2.37. The van der Waals surface area contributed by atoms with E-state index in [1.165, 1.54) is 24.8 Å². The highest BCUT2D eigenvalue weighted by Crippen LogP contribution is 2.17. The Kier molecular flexibility index (Phi) is 4.31. The Balaban J connectivity index is 1.86. The number of hydrogen-bond acceptors (Lipinski definition) is 4. The normalized spacial score (nSPS) is 17.4. The summed E-state index contributed by atoms with van der Waals surface area (Å²) < 4.78 is 0. The van der Waals surface area contributed by atoms with Crippen LogP contribution in [-0.2, 0) is 0 Å². The van der Waals surface area contributed by atoms with Crippen LogP contribution in [0.25, 0.3) is 0 Å². The number of nitrogens with one attached hydrogen (secondary N) is 1. The molecule has 0 aromatic carbocycles. The van der Waals surface area contributed by atoms with Gasteiger partial charge in [-0.3, -0.25) is 0 Å². The first-order valence-corrected chi connectivity index (χ1v) is 6.57. The number of rotatable bonds is 4. The van der Waals surface area contributed by atoms with Crippen LogP contribution < -0.4 is 10.2 Å². The van der Waals surface area contributed by atoms with Gasteiger partial charge in [0.1, 0.15) is 0 Å². The molecule has 1 saturated heterocycles. The maximum absolute atomic E-state index is 4.21. The third-order valence-corrected chi connectivity index (χ3v) is 3.28. The zero-order valence-electron chi connectivity index (χ0n) is 10.8. The van der Waals surface area contributed by atoms with Crippen molar-refractivity contribution in [2.24, 2.45) is 0 Å². The molecule has 1 aromatic heterocycles. The van der Waals surface area contributed by atoms with E-state index in [0.29, 0.717) is 6.04 Å². The number of piperidine rings is 1. The fourth-order valence-corrected chi connectivity index (χ4v) is 2.26. The first-order valence-electron chi connectivity index (χ1n) is 6.57. The molecule has 0 saturated carbocycles. The molecule has 0 spiro atoms. The molecule has 1 N–H and O–H groups in total. The van der Waals surface area contributed by atoms with Gasteiger partial charge in [0.25, 0.3) is 0 Å². The Labute approximate surface area is 103 Å². The van der Waals surface area contributed by atoms with E-state index in [0.717, 1.165) is 25.5 Å². The predicted molar refractivity (Wildman–Crippen MR) is 70.3 cm³/mol. The van der Waals surface area contributed by atoms with Crippen molar-refractivity contribution < 1.29 is 0 Å². The maximum atomic E-state index is 4.21. The van der Waals surface area contributed by atoms with Gasteiger partial charge < -0.3 is 10.2 Å². The van der Waals surface area contributed by atoms with Gasteiger partial charge in [-0.15, -0.1) is 5.10 Å². The van der Waals surface area contributed by atoms with Crippen molar-refractivity contribution in [1.82, 2.24) is 15.5 Å². The molecule has 0 radical (unpaired) electrons. The number of nitrogens with zero attached hydrogens (tertiary/aromatic N) is 3. The molecule has 1 aliphatic heterocycles. The van der Waals surface area contributed by atoms with Crippen molar-refractivity contribution in [3.63, 3.8) is 0 Å². The zero-order valence-corrected chi connectivity index (χ0v) is 10.8. The Morgan fingerprint density at radius 1 is 1.41 bits per heavy atom. The summed E-state index contributed by atoms with van der Waals surface area (Å²) in [5, 5.41) is 11.8. The highest BCUT2D eigenvalue weighted by atomic mass is 15.3. The number of hydrogen-bond donors (Lipinski definition) is 1. The van der Waals surface area contributed by atoms with Gasteiger partial charge >= 0.3 is 0 Å². The van der Waals surface area contributed by atoms with E-state index in [1.54, 1.807) is 6.20 Å². The van der Waals surface area contributed by atoms with E-state index in [2.05, 4.69) is 40.3 Å². The summed E-state index contributed by atoms with van der Waals surface area (Å²) in [6.07, 6.45) is 5.42. The number of anilines is 1. The van der Waals surface area contributed by atoms with Crippen LogP contribution in [0.3, 0.4) is 0 Å². The van der Waals surface area contributed by atoms with E-state index in [9.17, 15) is 0 Å². The lowest BCUT2D eigenvalue weighted by Crippen LogP contribution is -2.43. The minimum absolute atomic E-state index is 0.684. The van der Waals surface area contributed by atoms with E-state index < -0.39 is 0 Å². The maximum Gasteiger partial charge on any atom is 0.151 e. The van der Waals surface area contributed by atoms with Gasteiger partial charge in [-0.25, -0.2) is 0 Å². The van der Waals surface area contributed by atoms with E-state index in [4.69, 9.17) is 0 Å². The van der Waals surface area contributed by atoms with E-state index in [-0.39, 0.29) is 0 Å². The number of aryl methyl sites for hydroxylation is 1. The number of aromatic nitrogens is 2. The molecule has 0 amide bonds. The molecule has 0 aliphatic carbocycles. The highest BCUT2D eigenvalue weighted by molar-refractivity contribution is 5.39. The van der Waals surface area contributed by atoms with Gasteiger partial charge in [0.05, 0.1) is 6.20 Å². The van der Waals surface area contributed by atoms with Crippen LogP contribution in [0.2, 0.25) is 0 Å². The minimum atomic E-state index is 0.684. The third kappa shape index (κ3) is 3.40. The quantitative estimate of drug-likeness (QED) is 0.862. The van der Waals surface area contributed by atoms with Crippen molar-refractivity contribution in [2.45, 2.75) is 39.2 Å². The summed E-state index contributed by atoms with van der Waals surface area (Å²) in [4.78, 5) is 2.34. The molecule has 1 aliphatic rings. The van der Waals surface area contributed by atoms with Gasteiger partial charge in [-0.1, -0.05) is 6.92 Å². The monoisotopic (exact) mass is 234 g/mol. The largest absolute Gasteiger partial charge is 0.355 e. The molecule has 4 nitrogen and oxygen atoms in total. The minimum Gasteiger partial charge on any atom is -0.355 e. The van der Waals surface area contributed by atoms with Gasteiger partial charge in [0.15, 0.2) is 5.82 Å². The SMILES string of the molecule is CCCNC1CCN(c2cc(C)cnn2)CC1. The van der Waals surface area contributed by atoms with Crippen LogP contribution in [0, 0.1) is 6.92 Å². The lowest BCUT2D eigenvalue weighted by molar-refractivity contribution is 0.414. The zero-order chi connectivity index (χ0) is 12.1. The summed E-state index contributed by atoms with van der Waals surface area (Å²) in [5.41, 5.74) is 1.18. The second-order valence-electron chi connectivity index (χ2n) is 4.81. The summed E-state index contributed by atoms with van der Waals surface area (Å²) in [5.74, 6) is 1.03. The van der Waals surface area contributed by atoms with Crippen molar-refractivity contribution in [1.29, 1.82) is 0 Å². The van der Waals surface area contributed by atoms with Crippen LogP contribution in [0.1, 0.15) is 31.7 Å². The second-order valence-corrected chi connectivity index (χ2v) is 4.81. The summed E-state index contributed by atoms with van der Waals surface area (Å²) in [7, 11) is 0. The van der Waals surface area contributed by atoms with Crippen LogP contribution >= 0.6 is 0 Å². The predicted octanol–water partition coefficient (Wildman–Crippen LogP) is 1.75. The molecule has 94 valence electrons. The Bertz CT molecular complexity index is 345. The van der Waals surface area contributed by atoms with Crippen molar-refractivity contribution in [3.8, 4) is 0 Å². The Morgan fingerprint density at radius 2 is 2.18 bits per heavy atom. The topological polar surface area (TPSA) is 41.0 Å². The lowest BCUT2D eigenvalue weighted by atomic mass is 10.0. The van der Waals surface area contributed by atoms with Crippen LogP contribution in [0.15, 0.2) is 12.3 Å². The molecule has 2 rings (SSSR count). The summed E-state index contributed by atoms with van der Waals surface area (Å²) >= 11 is 0. The Morgan fingerprint density at radius 3 is 2.82 bits per heavy atom. The lowest BCUT2D eigenvalue weighted by Gasteiger charge is -2.33. The Hall–Kier alpha value is -1.16. The standard InChI is InChI=1S/C13H22N4/c1-3-6-14-12-4-7-17(8-5-12)13-9-11(2)10-15-16-13/h9-10,12,14H,3-8H2,1-2H3. The van der Waals surface area contributed by atoms with Crippen LogP contribution in [0.5, 0.6) is 0 Å². The molecular formula is C13H22N4. The third-order valence-electron chi connectivity index (χ3n) is 3.28. The first-order chi connectivity index (χ1) is 8.29. The molecule has 1 aromatic rings. The first kappa shape index (κ1) is 12.3. The van der Waals surface area contributed by atoms with Crippen molar-refractivity contribution >= 4 is 5.82 Å². The fourth-order valence-electron chi connectivity index (χ4n) is 2.26. The van der Waals surface area contributed by atoms with Gasteiger partial charge in [-0.2, -0.15) is 5.10 Å². The molecule has 0 atom stereocenters. The summed E-state index contributed by atoms with van der Waals surface area (Å²) in [6, 6.07) is 2.80.